The molecule has 0 heterocycles. The Kier molecular flexibility index (Phi) is 3.59. The smallest absolute Gasteiger partial charge is 0.0478 e. The molecule has 0 bridgehead atoms. The van der Waals surface area contributed by atoms with Gasteiger partial charge in [0.05, 0.1) is 0 Å². The van der Waals surface area contributed by atoms with Crippen molar-refractivity contribution in [2.45, 2.75) is 6.92 Å². The van der Waals surface area contributed by atoms with E-state index >= 15 is 0 Å². The quantitative estimate of drug-likeness (QED) is 0.658. The highest BCUT2D eigenvalue weighted by Crippen LogP contribution is 2.16. The lowest BCUT2D eigenvalue weighted by molar-refractivity contribution is 1.21. The first kappa shape index (κ1) is 9.58. The Balaban J connectivity index is 2.63. The molecule has 1 aromatic rings. The molecule has 0 aliphatic carbocycles. The molecule has 1 N–H and O–H groups in total. The maximum Gasteiger partial charge on any atom is 0.0478 e. The fraction of sp³-hybridized carbons (Fsp3) is 0.200. The van der Waals surface area contributed by atoms with Crippen LogP contribution in [-0.2, 0) is 0 Å². The van der Waals surface area contributed by atoms with Crippen LogP contribution in [0.5, 0.6) is 0 Å². The zero-order valence-electron chi connectivity index (χ0n) is 7.10. The maximum absolute atomic E-state index is 3.83. The Morgan fingerprint density at radius 3 is 2.75 bits per heavy atom. The average molecular weight is 273 g/mol. The molecule has 0 spiro atoms. The van der Waals surface area contributed by atoms with Crippen LogP contribution < -0.4 is 5.32 Å². The first-order valence-corrected chi connectivity index (χ1v) is 4.91. The Bertz CT molecular complexity index is 281. The molecule has 1 nitrogen and oxygen atoms in total. The third-order valence-corrected chi connectivity index (χ3v) is 2.40. The minimum absolute atomic E-state index is 0.847. The summed E-state index contributed by atoms with van der Waals surface area (Å²) in [6.07, 6.45) is 0. The normalized spacial score (nSPS) is 9.50. The van der Waals surface area contributed by atoms with E-state index in [2.05, 4.69) is 46.6 Å². The molecule has 0 aliphatic rings. The summed E-state index contributed by atoms with van der Waals surface area (Å²) in [6.45, 7) is 6.70. The van der Waals surface area contributed by atoms with Gasteiger partial charge in [0.15, 0.2) is 0 Å². The summed E-state index contributed by atoms with van der Waals surface area (Å²) in [4.78, 5) is 0. The average Bonchev–Trinajstić information content (AvgIpc) is 2.03. The minimum atomic E-state index is 0.847. The molecule has 12 heavy (non-hydrogen) atoms. The number of rotatable bonds is 3. The van der Waals surface area contributed by atoms with Gasteiger partial charge in [0, 0.05) is 15.8 Å². The highest BCUT2D eigenvalue weighted by Gasteiger charge is 1.95. The molecule has 0 radical (unpaired) electrons. The van der Waals surface area contributed by atoms with E-state index in [1.807, 2.05) is 19.1 Å². The van der Waals surface area contributed by atoms with Crippen LogP contribution in [0.15, 0.2) is 36.4 Å². The zero-order valence-corrected chi connectivity index (χ0v) is 9.26. The molecular weight excluding hydrogens is 261 g/mol. The molecule has 0 aromatic heterocycles. The van der Waals surface area contributed by atoms with Gasteiger partial charge >= 0.3 is 0 Å². The molecule has 64 valence electrons. The van der Waals surface area contributed by atoms with E-state index < -0.39 is 0 Å². The van der Waals surface area contributed by atoms with Crippen LogP contribution in [0.1, 0.15) is 6.92 Å². The first-order chi connectivity index (χ1) is 5.70. The van der Waals surface area contributed by atoms with Gasteiger partial charge in [-0.3, -0.25) is 0 Å². The van der Waals surface area contributed by atoms with Crippen molar-refractivity contribution in [3.05, 3.63) is 40.0 Å². The summed E-state index contributed by atoms with van der Waals surface area (Å²) in [5.74, 6) is 0. The van der Waals surface area contributed by atoms with Crippen molar-refractivity contribution < 1.29 is 0 Å². The Labute approximate surface area is 87.0 Å². The second-order valence-corrected chi connectivity index (χ2v) is 3.95. The van der Waals surface area contributed by atoms with Gasteiger partial charge in [0.2, 0.25) is 0 Å². The van der Waals surface area contributed by atoms with Gasteiger partial charge in [-0.05, 0) is 41.6 Å². The lowest BCUT2D eigenvalue weighted by Gasteiger charge is -2.07. The molecule has 1 rings (SSSR count). The van der Waals surface area contributed by atoms with E-state index in [0.717, 1.165) is 12.1 Å². The molecule has 2 heteroatoms. The van der Waals surface area contributed by atoms with Crippen LogP contribution in [0.2, 0.25) is 0 Å². The summed E-state index contributed by atoms with van der Waals surface area (Å²) in [5.41, 5.74) is 2.33. The molecule has 0 saturated heterocycles. The van der Waals surface area contributed by atoms with Crippen LogP contribution in [0.25, 0.3) is 0 Å². The number of halogens is 1. The van der Waals surface area contributed by atoms with Crippen molar-refractivity contribution in [3.8, 4) is 0 Å². The number of nitrogens with one attached hydrogen (secondary N) is 1. The monoisotopic (exact) mass is 273 g/mol. The number of benzene rings is 1. The highest BCUT2D eigenvalue weighted by atomic mass is 127. The van der Waals surface area contributed by atoms with Gasteiger partial charge in [-0.25, -0.2) is 0 Å². The largest absolute Gasteiger partial charge is 0.380 e. The van der Waals surface area contributed by atoms with E-state index in [1.54, 1.807) is 0 Å². The number of hydrogen-bond acceptors (Lipinski definition) is 1. The zero-order chi connectivity index (χ0) is 8.97. The predicted molar refractivity (Wildman–Crippen MR) is 62.5 cm³/mol. The van der Waals surface area contributed by atoms with E-state index in [4.69, 9.17) is 0 Å². The van der Waals surface area contributed by atoms with Crippen molar-refractivity contribution in [2.24, 2.45) is 0 Å². The van der Waals surface area contributed by atoms with Gasteiger partial charge in [0.1, 0.15) is 0 Å². The van der Waals surface area contributed by atoms with E-state index in [9.17, 15) is 0 Å². The van der Waals surface area contributed by atoms with Crippen molar-refractivity contribution >= 4 is 28.3 Å². The molecule has 0 fully saturated rings. The maximum atomic E-state index is 3.83. The van der Waals surface area contributed by atoms with Crippen molar-refractivity contribution in [2.75, 3.05) is 11.9 Å². The summed E-state index contributed by atoms with van der Waals surface area (Å²) >= 11 is 2.31. The summed E-state index contributed by atoms with van der Waals surface area (Å²) in [6, 6.07) is 8.22. The number of para-hydroxylation sites is 1. The van der Waals surface area contributed by atoms with Crippen molar-refractivity contribution in [3.63, 3.8) is 0 Å². The van der Waals surface area contributed by atoms with Gasteiger partial charge in [0.25, 0.3) is 0 Å². The van der Waals surface area contributed by atoms with Crippen LogP contribution in [0.3, 0.4) is 0 Å². The fourth-order valence-corrected chi connectivity index (χ4v) is 1.43. The molecule has 0 saturated carbocycles. The number of hydrogen-bond donors (Lipinski definition) is 1. The van der Waals surface area contributed by atoms with E-state index in [-0.39, 0.29) is 0 Å². The van der Waals surface area contributed by atoms with Gasteiger partial charge in [-0.1, -0.05) is 24.3 Å². The first-order valence-electron chi connectivity index (χ1n) is 3.83. The minimum Gasteiger partial charge on any atom is -0.380 e. The fourth-order valence-electron chi connectivity index (χ4n) is 0.851. The predicted octanol–water partition coefficient (Wildman–Crippen LogP) is 3.28. The SMILES string of the molecule is C=C(C)CNc1ccccc1I. The van der Waals surface area contributed by atoms with Crippen LogP contribution in [0, 0.1) is 3.57 Å². The third-order valence-electron chi connectivity index (χ3n) is 1.45. The molecule has 0 amide bonds. The van der Waals surface area contributed by atoms with Crippen LogP contribution in [-0.4, -0.2) is 6.54 Å². The Hall–Kier alpha value is -0.510. The number of anilines is 1. The summed E-state index contributed by atoms with van der Waals surface area (Å²) in [7, 11) is 0. The third kappa shape index (κ3) is 2.85. The van der Waals surface area contributed by atoms with Crippen LogP contribution >= 0.6 is 22.6 Å². The Morgan fingerprint density at radius 2 is 2.17 bits per heavy atom. The molecule has 0 unspecified atom stereocenters. The van der Waals surface area contributed by atoms with Crippen molar-refractivity contribution in [1.82, 2.24) is 0 Å². The highest BCUT2D eigenvalue weighted by molar-refractivity contribution is 14.1. The van der Waals surface area contributed by atoms with Crippen LogP contribution in [0.4, 0.5) is 5.69 Å². The van der Waals surface area contributed by atoms with E-state index in [1.165, 1.54) is 9.26 Å². The van der Waals surface area contributed by atoms with Gasteiger partial charge < -0.3 is 5.32 Å². The van der Waals surface area contributed by atoms with Crippen molar-refractivity contribution in [1.29, 1.82) is 0 Å². The molecule has 1 aromatic carbocycles. The van der Waals surface area contributed by atoms with Gasteiger partial charge in [-0.2, -0.15) is 0 Å². The molecular formula is C10H12IN. The summed E-state index contributed by atoms with van der Waals surface area (Å²) in [5, 5.41) is 3.31. The topological polar surface area (TPSA) is 12.0 Å². The Morgan fingerprint density at radius 1 is 1.50 bits per heavy atom. The lowest BCUT2D eigenvalue weighted by atomic mass is 10.3. The van der Waals surface area contributed by atoms with Gasteiger partial charge in [-0.15, -0.1) is 0 Å². The second kappa shape index (κ2) is 4.50. The molecule has 0 aliphatic heterocycles. The second-order valence-electron chi connectivity index (χ2n) is 2.79. The standard InChI is InChI=1S/C10H12IN/c1-8(2)7-12-10-6-4-3-5-9(10)11/h3-6,12H,1,7H2,2H3. The molecule has 0 atom stereocenters. The lowest BCUT2D eigenvalue weighted by Crippen LogP contribution is -2.02. The summed E-state index contributed by atoms with van der Waals surface area (Å²) < 4.78 is 1.25. The van der Waals surface area contributed by atoms with E-state index in [0.29, 0.717) is 0 Å².